The van der Waals surface area contributed by atoms with E-state index in [-0.39, 0.29) is 23.3 Å². The second-order valence-corrected chi connectivity index (χ2v) is 16.7. The zero-order valence-electron chi connectivity index (χ0n) is 33.8. The van der Waals surface area contributed by atoms with Crippen LogP contribution in [0.25, 0.3) is 0 Å². The number of nitrogens with zero attached hydrogens (tertiary/aromatic N) is 4. The normalized spacial score (nSPS) is 15.6. The van der Waals surface area contributed by atoms with Gasteiger partial charge in [-0.25, -0.2) is 4.39 Å². The van der Waals surface area contributed by atoms with E-state index in [1.54, 1.807) is 0 Å². The summed E-state index contributed by atoms with van der Waals surface area (Å²) in [6.45, 7) is 31.7. The fourth-order valence-corrected chi connectivity index (χ4v) is 6.56. The average Bonchev–Trinajstić information content (AvgIpc) is 3.02. The second-order valence-electron chi connectivity index (χ2n) is 16.7. The smallest absolute Gasteiger partial charge is 0.140 e. The Balaban J connectivity index is 2.20. The molecule has 0 spiro atoms. The Morgan fingerprint density at radius 3 is 1.72 bits per heavy atom. The van der Waals surface area contributed by atoms with Crippen LogP contribution in [0.1, 0.15) is 150 Å². The number of allylic oxidation sites excluding steroid dienone is 1. The molecule has 0 amide bonds. The van der Waals surface area contributed by atoms with E-state index in [1.807, 2.05) is 13.8 Å². The highest BCUT2D eigenvalue weighted by Gasteiger charge is 2.41. The van der Waals surface area contributed by atoms with Crippen LogP contribution in [0.3, 0.4) is 0 Å². The van der Waals surface area contributed by atoms with Crippen LogP contribution < -0.4 is 0 Å². The molecule has 2 aromatic rings. The lowest BCUT2D eigenvalue weighted by atomic mass is 9.74. The van der Waals surface area contributed by atoms with Crippen molar-refractivity contribution in [2.75, 3.05) is 0 Å². The summed E-state index contributed by atoms with van der Waals surface area (Å²) in [4.78, 5) is 19.3. The third-order valence-electron chi connectivity index (χ3n) is 9.15. The van der Waals surface area contributed by atoms with E-state index in [2.05, 4.69) is 129 Å². The monoisotopic (exact) mass is 685 g/mol. The van der Waals surface area contributed by atoms with Crippen molar-refractivity contribution in [3.8, 4) is 0 Å². The Labute approximate surface area is 306 Å². The zero-order valence-corrected chi connectivity index (χ0v) is 33.8. The highest BCUT2D eigenvalue weighted by Crippen LogP contribution is 2.41. The van der Waals surface area contributed by atoms with Gasteiger partial charge < -0.3 is 0 Å². The maximum Gasteiger partial charge on any atom is 0.140 e. The quantitative estimate of drug-likeness (QED) is 0.104. The number of aliphatic imine (C=N–C) groups is 4. The summed E-state index contributed by atoms with van der Waals surface area (Å²) in [6.07, 6.45) is 5.94. The third kappa shape index (κ3) is 16.2. The van der Waals surface area contributed by atoms with Crippen molar-refractivity contribution in [2.45, 2.75) is 165 Å². The summed E-state index contributed by atoms with van der Waals surface area (Å²) >= 11 is 0. The van der Waals surface area contributed by atoms with Gasteiger partial charge in [0.2, 0.25) is 0 Å². The molecule has 2 rings (SSSR count). The van der Waals surface area contributed by atoms with Crippen LogP contribution in [-0.2, 0) is 26.1 Å². The Morgan fingerprint density at radius 2 is 1.22 bits per heavy atom. The number of alkyl halides is 1. The minimum absolute atomic E-state index is 0.174. The van der Waals surface area contributed by atoms with Crippen molar-refractivity contribution < 1.29 is 4.39 Å². The van der Waals surface area contributed by atoms with E-state index in [1.165, 1.54) is 16.7 Å². The van der Waals surface area contributed by atoms with Crippen molar-refractivity contribution >= 4 is 22.8 Å². The Hall–Kier alpha value is -3.21. The predicted octanol–water partition coefficient (Wildman–Crippen LogP) is 12.8. The van der Waals surface area contributed by atoms with Gasteiger partial charge in [-0.15, -0.1) is 0 Å². The van der Waals surface area contributed by atoms with E-state index >= 15 is 4.39 Å². The molecule has 0 aliphatic carbocycles. The molecule has 5 heteroatoms. The number of halogens is 1. The number of rotatable bonds is 19. The molecule has 2 atom stereocenters. The van der Waals surface area contributed by atoms with Crippen LogP contribution in [0.5, 0.6) is 0 Å². The van der Waals surface area contributed by atoms with Crippen molar-refractivity contribution in [3.63, 3.8) is 0 Å². The van der Waals surface area contributed by atoms with Gasteiger partial charge in [-0.3, -0.25) is 20.0 Å². The molecule has 0 aliphatic rings. The summed E-state index contributed by atoms with van der Waals surface area (Å²) in [7, 11) is 0. The average molecular weight is 685 g/mol. The highest BCUT2D eigenvalue weighted by atomic mass is 19.1. The molecule has 2 unspecified atom stereocenters. The molecule has 0 fully saturated rings. The SMILES string of the molecule is C=C(CC(C)=NC(C)(C)C)C(F)(CC(C)=NCc1cccc(CN=C(C)CC)c1)C(CC)CCCC(C)=NCc1cccc(CC(C)(C)C)c1. The largest absolute Gasteiger partial charge is 0.290 e. The van der Waals surface area contributed by atoms with Crippen LogP contribution in [0, 0.1) is 11.3 Å². The Morgan fingerprint density at radius 1 is 0.720 bits per heavy atom. The maximum atomic E-state index is 17.7. The van der Waals surface area contributed by atoms with Gasteiger partial charge in [0, 0.05) is 35.7 Å². The van der Waals surface area contributed by atoms with Crippen LogP contribution in [0.2, 0.25) is 0 Å². The second kappa shape index (κ2) is 20.0. The summed E-state index contributed by atoms with van der Waals surface area (Å²) in [6, 6.07) is 17.2. The molecule has 0 saturated heterocycles. The highest BCUT2D eigenvalue weighted by molar-refractivity contribution is 5.87. The van der Waals surface area contributed by atoms with E-state index in [0.29, 0.717) is 31.6 Å². The van der Waals surface area contributed by atoms with Gasteiger partial charge in [0.15, 0.2) is 0 Å². The van der Waals surface area contributed by atoms with Crippen molar-refractivity contribution in [1.29, 1.82) is 0 Å². The van der Waals surface area contributed by atoms with Crippen molar-refractivity contribution in [3.05, 3.63) is 82.9 Å². The lowest BCUT2D eigenvalue weighted by molar-refractivity contribution is 0.116. The minimum atomic E-state index is -1.58. The van der Waals surface area contributed by atoms with Crippen LogP contribution in [0.15, 0.2) is 80.7 Å². The zero-order chi connectivity index (χ0) is 37.5. The molecule has 0 heterocycles. The van der Waals surface area contributed by atoms with Gasteiger partial charge in [0.25, 0.3) is 0 Å². The molecule has 0 N–H and O–H groups in total. The molecule has 0 saturated carbocycles. The van der Waals surface area contributed by atoms with Gasteiger partial charge in [-0.05, 0) is 126 Å². The first kappa shape index (κ1) is 43.0. The first-order chi connectivity index (χ1) is 23.3. The molecule has 2 aromatic carbocycles. The molecule has 0 aromatic heterocycles. The molecule has 276 valence electrons. The molecular weight excluding hydrogens is 616 g/mol. The first-order valence-corrected chi connectivity index (χ1v) is 18.9. The fraction of sp³-hybridized carbons (Fsp3) is 0.600. The Kier molecular flexibility index (Phi) is 17.2. The number of benzene rings is 2. The molecule has 50 heavy (non-hydrogen) atoms. The standard InChI is InChI=1S/C45H69FN4/c1-14-34(4)47-30-40-22-18-23-41(27-40)32-49-37(7)28-45(46,33(3)25-36(6)50-44(11,12)13)42(15-2)24-16-19-35(5)48-31-39-21-17-20-38(26-39)29-43(8,9)10/h17-18,20-23,26-27,42H,3,14-16,19,24-25,28-32H2,1-2,4-13H3. The molecule has 0 radical (unpaired) electrons. The Bertz CT molecular complexity index is 1500. The van der Waals surface area contributed by atoms with Crippen LogP contribution >= 0.6 is 0 Å². The third-order valence-corrected chi connectivity index (χ3v) is 9.15. The first-order valence-electron chi connectivity index (χ1n) is 18.9. The minimum Gasteiger partial charge on any atom is -0.290 e. The van der Waals surface area contributed by atoms with Gasteiger partial charge in [-0.2, -0.15) is 0 Å². The fourth-order valence-electron chi connectivity index (χ4n) is 6.56. The molecule has 0 aliphatic heterocycles. The predicted molar refractivity (Wildman–Crippen MR) is 219 cm³/mol. The number of hydrogen-bond donors (Lipinski definition) is 0. The van der Waals surface area contributed by atoms with E-state index in [0.717, 1.165) is 66.9 Å². The number of hydrogen-bond acceptors (Lipinski definition) is 4. The van der Waals surface area contributed by atoms with Crippen LogP contribution in [0.4, 0.5) is 4.39 Å². The molecule has 0 bridgehead atoms. The van der Waals surface area contributed by atoms with Gasteiger partial charge in [-0.1, -0.05) is 89.7 Å². The van der Waals surface area contributed by atoms with Crippen molar-refractivity contribution in [2.24, 2.45) is 31.3 Å². The van der Waals surface area contributed by atoms with E-state index in [4.69, 9.17) is 15.0 Å². The van der Waals surface area contributed by atoms with Gasteiger partial charge in [0.1, 0.15) is 5.67 Å². The lowest BCUT2D eigenvalue weighted by Crippen LogP contribution is -2.38. The van der Waals surface area contributed by atoms with Gasteiger partial charge >= 0.3 is 0 Å². The van der Waals surface area contributed by atoms with E-state index < -0.39 is 5.67 Å². The summed E-state index contributed by atoms with van der Waals surface area (Å²) in [5.41, 5.74) is 7.95. The lowest BCUT2D eigenvalue weighted by Gasteiger charge is -2.36. The summed E-state index contributed by atoms with van der Waals surface area (Å²) in [5.74, 6) is -0.174. The van der Waals surface area contributed by atoms with Crippen LogP contribution in [-0.4, -0.2) is 34.1 Å². The molecule has 4 nitrogen and oxygen atoms in total. The van der Waals surface area contributed by atoms with Crippen molar-refractivity contribution in [1.82, 2.24) is 0 Å². The van der Waals surface area contributed by atoms with E-state index in [9.17, 15) is 0 Å². The summed E-state index contributed by atoms with van der Waals surface area (Å²) in [5, 5.41) is 0. The summed E-state index contributed by atoms with van der Waals surface area (Å²) < 4.78 is 17.7. The molecular formula is C45H69FN4. The maximum absolute atomic E-state index is 17.7. The van der Waals surface area contributed by atoms with Gasteiger partial charge in [0.05, 0.1) is 25.2 Å². The topological polar surface area (TPSA) is 49.4 Å².